The summed E-state index contributed by atoms with van der Waals surface area (Å²) in [6.07, 6.45) is 0. The van der Waals surface area contributed by atoms with Crippen LogP contribution in [0.5, 0.6) is 0 Å². The minimum atomic E-state index is -0.103. The highest BCUT2D eigenvalue weighted by molar-refractivity contribution is 6.10. The van der Waals surface area contributed by atoms with Crippen molar-refractivity contribution < 1.29 is 0 Å². The molecule has 0 saturated heterocycles. The second kappa shape index (κ2) is 12.3. The molecule has 0 spiro atoms. The molecule has 0 N–H and O–H groups in total. The van der Waals surface area contributed by atoms with Gasteiger partial charge in [0.15, 0.2) is 0 Å². The Balaban J connectivity index is 1.14. The summed E-state index contributed by atoms with van der Waals surface area (Å²) in [6, 6.07) is 70.8. The summed E-state index contributed by atoms with van der Waals surface area (Å²) in [5.74, 6) is 0. The van der Waals surface area contributed by atoms with E-state index in [1.165, 1.54) is 66.3 Å². The zero-order chi connectivity index (χ0) is 35.5. The third-order valence-corrected chi connectivity index (χ3v) is 11.2. The van der Waals surface area contributed by atoms with Crippen LogP contribution in [0, 0.1) is 0 Å². The van der Waals surface area contributed by atoms with Crippen molar-refractivity contribution in [1.29, 1.82) is 0 Å². The lowest BCUT2D eigenvalue weighted by Gasteiger charge is -2.28. The molecule has 0 saturated carbocycles. The third kappa shape index (κ3) is 5.10. The summed E-state index contributed by atoms with van der Waals surface area (Å²) in [6.45, 7) is 4.71. The molecular weight excluding hydrogens is 641 g/mol. The summed E-state index contributed by atoms with van der Waals surface area (Å²) in [4.78, 5) is 2.42. The summed E-state index contributed by atoms with van der Waals surface area (Å²) in [7, 11) is 0. The first-order chi connectivity index (χ1) is 26.0. The molecule has 0 bridgehead atoms. The number of benzene rings is 8. The fourth-order valence-corrected chi connectivity index (χ4v) is 8.54. The van der Waals surface area contributed by atoms with Gasteiger partial charge in [0.25, 0.3) is 0 Å². The predicted molar refractivity (Wildman–Crippen MR) is 224 cm³/mol. The van der Waals surface area contributed by atoms with Crippen LogP contribution in [-0.2, 0) is 5.41 Å². The van der Waals surface area contributed by atoms with Gasteiger partial charge in [-0.2, -0.15) is 0 Å². The largest absolute Gasteiger partial charge is 0.310 e. The van der Waals surface area contributed by atoms with Crippen molar-refractivity contribution in [3.63, 3.8) is 0 Å². The van der Waals surface area contributed by atoms with Crippen LogP contribution in [-0.4, -0.2) is 4.57 Å². The number of para-hydroxylation sites is 1. The average molecular weight is 679 g/mol. The molecule has 1 heterocycles. The van der Waals surface area contributed by atoms with Gasteiger partial charge in [-0.1, -0.05) is 147 Å². The van der Waals surface area contributed by atoms with Gasteiger partial charge in [0.1, 0.15) is 0 Å². The van der Waals surface area contributed by atoms with E-state index in [4.69, 9.17) is 0 Å². The second-order valence-corrected chi connectivity index (χ2v) is 14.6. The van der Waals surface area contributed by atoms with Gasteiger partial charge < -0.3 is 9.47 Å². The normalized spacial score (nSPS) is 12.9. The maximum Gasteiger partial charge on any atom is 0.0541 e. The van der Waals surface area contributed by atoms with E-state index in [1.807, 2.05) is 0 Å². The molecule has 252 valence electrons. The SMILES string of the molecule is CC1(C)c2ccccc2-c2ccc(N(c3ccc(-c4ccccc4)cc3)c3cccc(-n4c5ccccc5c5cc(-c6ccccc6)ccc54)c3)cc21. The van der Waals surface area contributed by atoms with Gasteiger partial charge >= 0.3 is 0 Å². The van der Waals surface area contributed by atoms with E-state index in [0.29, 0.717) is 0 Å². The Labute approximate surface area is 310 Å². The van der Waals surface area contributed by atoms with Crippen molar-refractivity contribution in [3.05, 3.63) is 205 Å². The molecule has 1 aromatic heterocycles. The maximum atomic E-state index is 2.42. The van der Waals surface area contributed by atoms with E-state index >= 15 is 0 Å². The van der Waals surface area contributed by atoms with Gasteiger partial charge in [0, 0.05) is 38.9 Å². The molecule has 0 radical (unpaired) electrons. The fourth-order valence-electron chi connectivity index (χ4n) is 8.54. The van der Waals surface area contributed by atoms with Crippen LogP contribution in [0.4, 0.5) is 17.1 Å². The lowest BCUT2D eigenvalue weighted by atomic mass is 9.82. The minimum absolute atomic E-state index is 0.103. The average Bonchev–Trinajstić information content (AvgIpc) is 3.67. The maximum absolute atomic E-state index is 2.42. The van der Waals surface area contributed by atoms with Crippen LogP contribution in [0.1, 0.15) is 25.0 Å². The highest BCUT2D eigenvalue weighted by Crippen LogP contribution is 2.50. The number of hydrogen-bond donors (Lipinski definition) is 0. The van der Waals surface area contributed by atoms with E-state index < -0.39 is 0 Å². The van der Waals surface area contributed by atoms with Crippen molar-refractivity contribution in [1.82, 2.24) is 4.57 Å². The standard InChI is InChI=1S/C51H38N2/c1-51(2)47-22-11-9-20-43(47)44-30-29-42(34-48(44)51)52(39-27-24-37(25-28-39)35-14-5-3-6-15-35)40-18-13-19-41(33-40)53-49-23-12-10-21-45(49)46-32-38(26-31-50(46)53)36-16-7-4-8-17-36/h3-34H,1-2H3. The van der Waals surface area contributed by atoms with Crippen LogP contribution in [0.25, 0.3) is 60.9 Å². The lowest BCUT2D eigenvalue weighted by Crippen LogP contribution is -2.16. The second-order valence-electron chi connectivity index (χ2n) is 14.6. The lowest BCUT2D eigenvalue weighted by molar-refractivity contribution is 0.660. The van der Waals surface area contributed by atoms with Crippen LogP contribution in [0.2, 0.25) is 0 Å². The monoisotopic (exact) mass is 678 g/mol. The highest BCUT2D eigenvalue weighted by atomic mass is 15.1. The van der Waals surface area contributed by atoms with Crippen molar-refractivity contribution in [3.8, 4) is 39.1 Å². The number of fused-ring (bicyclic) bond motifs is 6. The van der Waals surface area contributed by atoms with Crippen LogP contribution < -0.4 is 4.90 Å². The number of nitrogens with zero attached hydrogens (tertiary/aromatic N) is 2. The van der Waals surface area contributed by atoms with Crippen LogP contribution in [0.15, 0.2) is 194 Å². The smallest absolute Gasteiger partial charge is 0.0541 e. The highest BCUT2D eigenvalue weighted by Gasteiger charge is 2.35. The van der Waals surface area contributed by atoms with E-state index in [-0.39, 0.29) is 5.41 Å². The predicted octanol–water partition coefficient (Wildman–Crippen LogP) is 13.9. The molecule has 9 aromatic rings. The molecule has 1 aliphatic rings. The van der Waals surface area contributed by atoms with Crippen molar-refractivity contribution in [2.75, 3.05) is 4.90 Å². The van der Waals surface area contributed by atoms with Gasteiger partial charge in [0.05, 0.1) is 11.0 Å². The molecular formula is C51H38N2. The molecule has 10 rings (SSSR count). The Morgan fingerprint density at radius 1 is 0.377 bits per heavy atom. The quantitative estimate of drug-likeness (QED) is 0.170. The van der Waals surface area contributed by atoms with Gasteiger partial charge in [-0.05, 0) is 105 Å². The summed E-state index contributed by atoms with van der Waals surface area (Å²) >= 11 is 0. The minimum Gasteiger partial charge on any atom is -0.310 e. The van der Waals surface area contributed by atoms with Gasteiger partial charge in [0.2, 0.25) is 0 Å². The number of hydrogen-bond acceptors (Lipinski definition) is 1. The Kier molecular flexibility index (Phi) is 7.19. The molecule has 2 heteroatoms. The Hall–Kier alpha value is -6.64. The van der Waals surface area contributed by atoms with Gasteiger partial charge in [-0.15, -0.1) is 0 Å². The first kappa shape index (κ1) is 31.1. The molecule has 0 amide bonds. The molecule has 0 fully saturated rings. The number of anilines is 3. The van der Waals surface area contributed by atoms with E-state index in [0.717, 1.165) is 22.7 Å². The van der Waals surface area contributed by atoms with E-state index in [1.54, 1.807) is 0 Å². The molecule has 1 aliphatic carbocycles. The number of rotatable bonds is 6. The fraction of sp³-hybridized carbons (Fsp3) is 0.0588. The summed E-state index contributed by atoms with van der Waals surface area (Å²) in [5.41, 5.74) is 17.0. The van der Waals surface area contributed by atoms with Crippen molar-refractivity contribution >= 4 is 38.9 Å². The first-order valence-corrected chi connectivity index (χ1v) is 18.4. The molecule has 0 unspecified atom stereocenters. The molecule has 8 aromatic carbocycles. The Morgan fingerprint density at radius 3 is 1.75 bits per heavy atom. The van der Waals surface area contributed by atoms with Crippen LogP contribution in [0.3, 0.4) is 0 Å². The van der Waals surface area contributed by atoms with Crippen molar-refractivity contribution in [2.24, 2.45) is 0 Å². The Morgan fingerprint density at radius 2 is 0.962 bits per heavy atom. The summed E-state index contributed by atoms with van der Waals surface area (Å²) in [5, 5.41) is 2.50. The molecule has 2 nitrogen and oxygen atoms in total. The van der Waals surface area contributed by atoms with Crippen molar-refractivity contribution in [2.45, 2.75) is 19.3 Å². The van der Waals surface area contributed by atoms with E-state index in [2.05, 4.69) is 217 Å². The zero-order valence-electron chi connectivity index (χ0n) is 29.9. The molecule has 0 aliphatic heterocycles. The number of aromatic nitrogens is 1. The first-order valence-electron chi connectivity index (χ1n) is 18.4. The van der Waals surface area contributed by atoms with Gasteiger partial charge in [-0.25, -0.2) is 0 Å². The van der Waals surface area contributed by atoms with Gasteiger partial charge in [-0.3, -0.25) is 0 Å². The molecule has 0 atom stereocenters. The Bertz CT molecular complexity index is 2790. The van der Waals surface area contributed by atoms with E-state index in [9.17, 15) is 0 Å². The molecule has 53 heavy (non-hydrogen) atoms. The topological polar surface area (TPSA) is 8.17 Å². The van der Waals surface area contributed by atoms with Crippen LogP contribution >= 0.6 is 0 Å². The third-order valence-electron chi connectivity index (χ3n) is 11.2. The summed E-state index contributed by atoms with van der Waals surface area (Å²) < 4.78 is 2.42. The zero-order valence-corrected chi connectivity index (χ0v) is 29.9.